The van der Waals surface area contributed by atoms with E-state index in [2.05, 4.69) is 20.9 Å². The van der Waals surface area contributed by atoms with Gasteiger partial charge in [0.2, 0.25) is 5.91 Å². The number of rotatable bonds is 13. The van der Waals surface area contributed by atoms with E-state index in [1.807, 2.05) is 30.3 Å². The van der Waals surface area contributed by atoms with Crippen LogP contribution < -0.4 is 16.0 Å². The van der Waals surface area contributed by atoms with E-state index in [4.69, 9.17) is 9.15 Å². The highest BCUT2D eigenvalue weighted by Gasteiger charge is 2.24. The van der Waals surface area contributed by atoms with Crippen LogP contribution >= 0.6 is 23.1 Å². The summed E-state index contributed by atoms with van der Waals surface area (Å²) in [4.78, 5) is 56.6. The number of aromatic nitrogens is 1. The number of thiazole rings is 1. The summed E-state index contributed by atoms with van der Waals surface area (Å²) in [6, 6.07) is 28.3. The molecule has 238 valence electrons. The summed E-state index contributed by atoms with van der Waals surface area (Å²) in [5, 5.41) is 9.83. The number of hydrogen-bond acceptors (Lipinski definition) is 9. The fourth-order valence-corrected chi connectivity index (χ4v) is 6.02. The molecule has 2 heterocycles. The number of thioether (sulfide) groups is 1. The molecule has 1 unspecified atom stereocenters. The summed E-state index contributed by atoms with van der Waals surface area (Å²) >= 11 is 2.57. The molecule has 3 amide bonds. The summed E-state index contributed by atoms with van der Waals surface area (Å²) in [6.45, 7) is 2.02. The van der Waals surface area contributed by atoms with Crippen LogP contribution in [0.5, 0.6) is 0 Å². The minimum atomic E-state index is -0.620. The molecule has 3 N–H and O–H groups in total. The number of furan rings is 1. The maximum absolute atomic E-state index is 13.5. The lowest BCUT2D eigenvalue weighted by atomic mass is 10.1. The van der Waals surface area contributed by atoms with Gasteiger partial charge in [0, 0.05) is 27.6 Å². The van der Waals surface area contributed by atoms with Gasteiger partial charge in [-0.15, -0.1) is 23.1 Å². The van der Waals surface area contributed by atoms with Gasteiger partial charge in [-0.25, -0.2) is 4.98 Å². The van der Waals surface area contributed by atoms with Gasteiger partial charge >= 0.3 is 5.97 Å². The van der Waals surface area contributed by atoms with E-state index in [1.54, 1.807) is 79.0 Å². The van der Waals surface area contributed by atoms with Crippen LogP contribution in [0.25, 0.3) is 6.08 Å². The summed E-state index contributed by atoms with van der Waals surface area (Å²) in [6.07, 6.45) is 2.95. The van der Waals surface area contributed by atoms with Crippen LogP contribution in [0.2, 0.25) is 0 Å². The summed E-state index contributed by atoms with van der Waals surface area (Å²) in [7, 11) is 0. The van der Waals surface area contributed by atoms with Crippen molar-refractivity contribution in [1.29, 1.82) is 0 Å². The molecule has 0 aliphatic heterocycles. The van der Waals surface area contributed by atoms with E-state index in [-0.39, 0.29) is 30.6 Å². The van der Waals surface area contributed by atoms with Crippen molar-refractivity contribution in [2.24, 2.45) is 0 Å². The highest BCUT2D eigenvalue weighted by molar-refractivity contribution is 8.00. The Hall–Kier alpha value is -5.46. The number of hydrogen-bond donors (Lipinski definition) is 3. The fourth-order valence-electron chi connectivity index (χ4n) is 4.29. The zero-order chi connectivity index (χ0) is 33.0. The van der Waals surface area contributed by atoms with Gasteiger partial charge in [0.1, 0.15) is 16.7 Å². The van der Waals surface area contributed by atoms with Crippen molar-refractivity contribution in [1.82, 2.24) is 10.3 Å². The number of amides is 3. The van der Waals surface area contributed by atoms with Crippen LogP contribution in [0.3, 0.4) is 0 Å². The number of esters is 1. The molecule has 0 spiro atoms. The Morgan fingerprint density at radius 1 is 0.915 bits per heavy atom. The molecule has 5 aromatic rings. The number of nitrogens with zero attached hydrogens (tertiary/aromatic N) is 1. The molecule has 2 aromatic heterocycles. The first-order chi connectivity index (χ1) is 22.9. The molecule has 0 aliphatic carbocycles. The van der Waals surface area contributed by atoms with Crippen LogP contribution in [0.1, 0.15) is 39.5 Å². The monoisotopic (exact) mass is 666 g/mol. The Morgan fingerprint density at radius 3 is 2.32 bits per heavy atom. The Bertz CT molecular complexity index is 1840. The van der Waals surface area contributed by atoms with Gasteiger partial charge in [-0.1, -0.05) is 48.5 Å². The van der Waals surface area contributed by atoms with Gasteiger partial charge in [-0.2, -0.15) is 0 Å². The van der Waals surface area contributed by atoms with E-state index in [0.717, 1.165) is 10.5 Å². The molecular formula is C35H30N4O6S2. The van der Waals surface area contributed by atoms with Crippen molar-refractivity contribution in [3.63, 3.8) is 0 Å². The Morgan fingerprint density at radius 2 is 1.64 bits per heavy atom. The Balaban J connectivity index is 1.27. The highest BCUT2D eigenvalue weighted by Crippen LogP contribution is 2.37. The van der Waals surface area contributed by atoms with Crippen molar-refractivity contribution >= 4 is 63.7 Å². The molecule has 0 aliphatic rings. The number of carbonyl (C=O) groups excluding carboxylic acids is 4. The topological polar surface area (TPSA) is 140 Å². The average molecular weight is 667 g/mol. The van der Waals surface area contributed by atoms with Crippen LogP contribution in [-0.4, -0.2) is 35.3 Å². The third kappa shape index (κ3) is 9.52. The quantitative estimate of drug-likeness (QED) is 0.0715. The van der Waals surface area contributed by atoms with Crippen molar-refractivity contribution in [3.8, 4) is 0 Å². The Labute approximate surface area is 279 Å². The lowest BCUT2D eigenvalue weighted by Crippen LogP contribution is -2.30. The van der Waals surface area contributed by atoms with Gasteiger partial charge in [0.25, 0.3) is 11.8 Å². The SMILES string of the molecule is CCOC(=O)Cc1csc(NC(=O)C(Sc2ccc(NC(=O)/C(=C/c3ccco3)NC(=O)c3ccccc3)cc2)c2ccccc2)n1. The third-order valence-electron chi connectivity index (χ3n) is 6.48. The van der Waals surface area contributed by atoms with Crippen LogP contribution in [-0.2, 0) is 25.5 Å². The van der Waals surface area contributed by atoms with Crippen molar-refractivity contribution in [3.05, 3.63) is 137 Å². The van der Waals surface area contributed by atoms with Crippen molar-refractivity contribution in [2.75, 3.05) is 17.2 Å². The summed E-state index contributed by atoms with van der Waals surface area (Å²) in [5.41, 5.74) is 2.19. The lowest BCUT2D eigenvalue weighted by molar-refractivity contribution is -0.142. The first-order valence-electron chi connectivity index (χ1n) is 14.5. The average Bonchev–Trinajstić information content (AvgIpc) is 3.77. The molecule has 1 atom stereocenters. The second-order valence-electron chi connectivity index (χ2n) is 9.90. The number of nitrogens with one attached hydrogen (secondary N) is 3. The third-order valence-corrected chi connectivity index (χ3v) is 8.55. The first kappa shape index (κ1) is 32.9. The second-order valence-corrected chi connectivity index (χ2v) is 11.9. The summed E-state index contributed by atoms with van der Waals surface area (Å²) < 4.78 is 10.3. The molecule has 5 rings (SSSR count). The van der Waals surface area contributed by atoms with Crippen LogP contribution in [0.4, 0.5) is 10.8 Å². The smallest absolute Gasteiger partial charge is 0.311 e. The normalized spacial score (nSPS) is 11.7. The predicted octanol–water partition coefficient (Wildman–Crippen LogP) is 6.72. The van der Waals surface area contributed by atoms with E-state index in [9.17, 15) is 19.2 Å². The van der Waals surface area contributed by atoms with Crippen molar-refractivity contribution in [2.45, 2.75) is 23.5 Å². The zero-order valence-corrected chi connectivity index (χ0v) is 26.8. The van der Waals surface area contributed by atoms with E-state index < -0.39 is 17.1 Å². The molecule has 0 bridgehead atoms. The van der Waals surface area contributed by atoms with E-state index in [1.165, 1.54) is 35.4 Å². The zero-order valence-electron chi connectivity index (χ0n) is 25.2. The number of benzene rings is 3. The van der Waals surface area contributed by atoms with Crippen LogP contribution in [0, 0.1) is 0 Å². The molecular weight excluding hydrogens is 637 g/mol. The largest absolute Gasteiger partial charge is 0.466 e. The van der Waals surface area contributed by atoms with E-state index >= 15 is 0 Å². The fraction of sp³-hybridized carbons (Fsp3) is 0.114. The molecule has 0 saturated heterocycles. The van der Waals surface area contributed by atoms with Gasteiger partial charge in [0.05, 0.1) is 25.0 Å². The maximum atomic E-state index is 13.5. The minimum absolute atomic E-state index is 0.000617. The molecule has 12 heteroatoms. The first-order valence-corrected chi connectivity index (χ1v) is 16.3. The molecule has 0 saturated carbocycles. The number of ether oxygens (including phenoxy) is 1. The predicted molar refractivity (Wildman–Crippen MR) is 182 cm³/mol. The second kappa shape index (κ2) is 16.2. The molecule has 0 fully saturated rings. The Kier molecular flexibility index (Phi) is 11.3. The van der Waals surface area contributed by atoms with Gasteiger partial charge in [0.15, 0.2) is 5.13 Å². The maximum Gasteiger partial charge on any atom is 0.311 e. The highest BCUT2D eigenvalue weighted by atomic mass is 32.2. The molecule has 0 radical (unpaired) electrons. The minimum Gasteiger partial charge on any atom is -0.466 e. The summed E-state index contributed by atoms with van der Waals surface area (Å²) in [5.74, 6) is -1.25. The molecule has 3 aromatic carbocycles. The van der Waals surface area contributed by atoms with Gasteiger partial charge in [-0.05, 0) is 61.0 Å². The number of anilines is 2. The van der Waals surface area contributed by atoms with Gasteiger partial charge < -0.3 is 25.1 Å². The van der Waals surface area contributed by atoms with Gasteiger partial charge in [-0.3, -0.25) is 19.2 Å². The standard InChI is InChI=1S/C35H30N4O6S2/c1-2-44-30(40)20-26-22-46-35(37-26)39-34(43)31(23-10-5-3-6-11-23)47-28-17-15-25(16-18-28)36-33(42)29(21-27-14-9-19-45-27)38-32(41)24-12-7-4-8-13-24/h3-19,21-22,31H,2,20H2,1H3,(H,36,42)(H,38,41)(H,37,39,43)/b29-21-. The number of carbonyl (C=O) groups is 4. The van der Waals surface area contributed by atoms with Crippen molar-refractivity contribution < 1.29 is 28.3 Å². The lowest BCUT2D eigenvalue weighted by Gasteiger charge is -2.16. The van der Waals surface area contributed by atoms with E-state index in [0.29, 0.717) is 27.8 Å². The molecule has 47 heavy (non-hydrogen) atoms. The molecule has 10 nitrogen and oxygen atoms in total. The van der Waals surface area contributed by atoms with Crippen LogP contribution in [0.15, 0.2) is 124 Å².